The number of nitrogen functional groups attached to an aromatic ring is 1. The lowest BCUT2D eigenvalue weighted by molar-refractivity contribution is -0.0432. The Morgan fingerprint density at radius 3 is 3.00 bits per heavy atom. The molecule has 3 heterocycles. The minimum atomic E-state index is -0.734. The number of aromatic nitrogens is 4. The first-order valence-corrected chi connectivity index (χ1v) is 6.08. The molecule has 2 aromatic heterocycles. The van der Waals surface area contributed by atoms with E-state index in [-0.39, 0.29) is 17.7 Å². The van der Waals surface area contributed by atoms with Crippen molar-refractivity contribution in [2.45, 2.75) is 24.9 Å². The highest BCUT2D eigenvalue weighted by Crippen LogP contribution is 2.31. The second-order valence-electron chi connectivity index (χ2n) is 4.31. The van der Waals surface area contributed by atoms with Gasteiger partial charge in [-0.1, -0.05) is 11.6 Å². The molecule has 1 saturated heterocycles. The smallest absolute Gasteiger partial charge is 0.223 e. The molecule has 0 aromatic carbocycles. The summed E-state index contributed by atoms with van der Waals surface area (Å²) in [6.07, 6.45) is 0.0155. The number of nitrogens with two attached hydrogens (primary N) is 1. The molecule has 3 unspecified atom stereocenters. The van der Waals surface area contributed by atoms with Gasteiger partial charge < -0.3 is 20.7 Å². The van der Waals surface area contributed by atoms with E-state index in [0.29, 0.717) is 17.6 Å². The third kappa shape index (κ3) is 2.02. The van der Waals surface area contributed by atoms with Crippen LogP contribution in [-0.2, 0) is 4.74 Å². The standard InChI is InChI=1S/C10H12ClN5O3/c11-8-7-9(15-10(12)14-8)16(3-13-7)6-1-4(18)5(2-17)19-6/h3-6,17-18H,1-2H2,(H2,12,14,15). The molecule has 1 aliphatic rings. The minimum absolute atomic E-state index is 0.0384. The van der Waals surface area contributed by atoms with Crippen molar-refractivity contribution in [2.75, 3.05) is 12.3 Å². The van der Waals surface area contributed by atoms with Gasteiger partial charge in [0.25, 0.3) is 0 Å². The van der Waals surface area contributed by atoms with Crippen LogP contribution in [-0.4, -0.2) is 48.5 Å². The summed E-state index contributed by atoms with van der Waals surface area (Å²) in [7, 11) is 0. The highest BCUT2D eigenvalue weighted by Gasteiger charge is 2.35. The second-order valence-corrected chi connectivity index (χ2v) is 4.67. The number of aliphatic hydroxyl groups is 2. The van der Waals surface area contributed by atoms with E-state index in [1.165, 1.54) is 6.33 Å². The zero-order valence-electron chi connectivity index (χ0n) is 9.77. The van der Waals surface area contributed by atoms with E-state index in [1.54, 1.807) is 4.57 Å². The first-order valence-electron chi connectivity index (χ1n) is 5.70. The van der Waals surface area contributed by atoms with Gasteiger partial charge in [0.2, 0.25) is 5.95 Å². The number of fused-ring (bicyclic) bond motifs is 1. The van der Waals surface area contributed by atoms with E-state index in [4.69, 9.17) is 27.2 Å². The van der Waals surface area contributed by atoms with Gasteiger partial charge in [-0.2, -0.15) is 9.97 Å². The summed E-state index contributed by atoms with van der Waals surface area (Å²) in [5.74, 6) is 0.0384. The van der Waals surface area contributed by atoms with Crippen molar-refractivity contribution in [1.82, 2.24) is 19.5 Å². The normalized spacial score (nSPS) is 27.2. The Morgan fingerprint density at radius 1 is 1.53 bits per heavy atom. The molecule has 0 amide bonds. The fourth-order valence-electron chi connectivity index (χ4n) is 2.16. The van der Waals surface area contributed by atoms with Crippen LogP contribution in [0.15, 0.2) is 6.33 Å². The lowest BCUT2D eigenvalue weighted by atomic mass is 10.2. The van der Waals surface area contributed by atoms with Crippen molar-refractivity contribution in [2.24, 2.45) is 0 Å². The maximum Gasteiger partial charge on any atom is 0.223 e. The van der Waals surface area contributed by atoms with Crippen LogP contribution in [0.3, 0.4) is 0 Å². The highest BCUT2D eigenvalue weighted by atomic mass is 35.5. The summed E-state index contributed by atoms with van der Waals surface area (Å²) in [6, 6.07) is 0. The van der Waals surface area contributed by atoms with Gasteiger partial charge in [0, 0.05) is 6.42 Å². The number of imidazole rings is 1. The van der Waals surface area contributed by atoms with Crippen LogP contribution in [0.4, 0.5) is 5.95 Å². The summed E-state index contributed by atoms with van der Waals surface area (Å²) in [5, 5.41) is 19.0. The Hall–Kier alpha value is -1.48. The summed E-state index contributed by atoms with van der Waals surface area (Å²) in [5.41, 5.74) is 6.41. The van der Waals surface area contributed by atoms with Crippen LogP contribution in [0.2, 0.25) is 5.15 Å². The van der Waals surface area contributed by atoms with Crippen LogP contribution in [0.5, 0.6) is 0 Å². The third-order valence-electron chi connectivity index (χ3n) is 3.09. The lowest BCUT2D eigenvalue weighted by Crippen LogP contribution is -2.24. The summed E-state index contributed by atoms with van der Waals surface area (Å²) >= 11 is 5.93. The number of hydrogen-bond donors (Lipinski definition) is 3. The molecule has 0 bridgehead atoms. The SMILES string of the molecule is Nc1nc(Cl)c2ncn(C3CC(O)C(CO)O3)c2n1. The molecule has 8 nitrogen and oxygen atoms in total. The largest absolute Gasteiger partial charge is 0.394 e. The quantitative estimate of drug-likeness (QED) is 0.648. The molecule has 3 atom stereocenters. The van der Waals surface area contributed by atoms with Crippen LogP contribution in [0, 0.1) is 0 Å². The van der Waals surface area contributed by atoms with Crippen molar-refractivity contribution in [3.8, 4) is 0 Å². The van der Waals surface area contributed by atoms with E-state index in [2.05, 4.69) is 15.0 Å². The zero-order chi connectivity index (χ0) is 13.6. The maximum absolute atomic E-state index is 9.74. The third-order valence-corrected chi connectivity index (χ3v) is 3.35. The molecule has 102 valence electrons. The van der Waals surface area contributed by atoms with E-state index in [9.17, 15) is 5.11 Å². The monoisotopic (exact) mass is 285 g/mol. The molecule has 3 rings (SSSR count). The minimum Gasteiger partial charge on any atom is -0.394 e. The predicted molar refractivity (Wildman–Crippen MR) is 66.4 cm³/mol. The Morgan fingerprint density at radius 2 is 2.32 bits per heavy atom. The molecule has 0 spiro atoms. The zero-order valence-corrected chi connectivity index (χ0v) is 10.5. The fourth-order valence-corrected chi connectivity index (χ4v) is 2.38. The Bertz CT molecular complexity index is 618. The number of anilines is 1. The number of ether oxygens (including phenoxy) is 1. The molecule has 19 heavy (non-hydrogen) atoms. The number of hydrogen-bond acceptors (Lipinski definition) is 7. The van der Waals surface area contributed by atoms with E-state index in [1.807, 2.05) is 0 Å². The Balaban J connectivity index is 2.02. The van der Waals surface area contributed by atoms with Crippen LogP contribution in [0.25, 0.3) is 11.2 Å². The second kappa shape index (κ2) is 4.57. The molecule has 0 aliphatic carbocycles. The number of aliphatic hydroxyl groups excluding tert-OH is 2. The first-order chi connectivity index (χ1) is 9.10. The molecule has 1 fully saturated rings. The average Bonchev–Trinajstić information content (AvgIpc) is 2.92. The van der Waals surface area contributed by atoms with Gasteiger partial charge in [0.1, 0.15) is 17.8 Å². The van der Waals surface area contributed by atoms with Crippen molar-refractivity contribution in [1.29, 1.82) is 0 Å². The Kier molecular flexibility index (Phi) is 3.02. The highest BCUT2D eigenvalue weighted by molar-refractivity contribution is 6.33. The van der Waals surface area contributed by atoms with Gasteiger partial charge in [-0.25, -0.2) is 4.98 Å². The summed E-state index contributed by atoms with van der Waals surface area (Å²) in [4.78, 5) is 12.0. The van der Waals surface area contributed by atoms with Gasteiger partial charge in [-0.15, -0.1) is 0 Å². The summed E-state index contributed by atoms with van der Waals surface area (Å²) in [6.45, 7) is -0.248. The van der Waals surface area contributed by atoms with Gasteiger partial charge in [0.15, 0.2) is 10.8 Å². The topological polar surface area (TPSA) is 119 Å². The van der Waals surface area contributed by atoms with Crippen LogP contribution >= 0.6 is 11.6 Å². The molecule has 0 radical (unpaired) electrons. The van der Waals surface area contributed by atoms with Crippen molar-refractivity contribution >= 4 is 28.7 Å². The van der Waals surface area contributed by atoms with Crippen LogP contribution in [0.1, 0.15) is 12.6 Å². The van der Waals surface area contributed by atoms with Gasteiger partial charge in [0.05, 0.1) is 19.0 Å². The molecular weight excluding hydrogens is 274 g/mol. The van der Waals surface area contributed by atoms with E-state index < -0.39 is 18.4 Å². The molecule has 0 saturated carbocycles. The number of nitrogens with zero attached hydrogens (tertiary/aromatic N) is 4. The molecule has 9 heteroatoms. The number of rotatable bonds is 2. The summed E-state index contributed by atoms with van der Waals surface area (Å²) < 4.78 is 7.16. The fraction of sp³-hybridized carbons (Fsp3) is 0.500. The van der Waals surface area contributed by atoms with Gasteiger partial charge in [-0.3, -0.25) is 4.57 Å². The van der Waals surface area contributed by atoms with Crippen molar-refractivity contribution < 1.29 is 14.9 Å². The average molecular weight is 286 g/mol. The number of halogens is 1. The van der Waals surface area contributed by atoms with E-state index >= 15 is 0 Å². The van der Waals surface area contributed by atoms with E-state index in [0.717, 1.165) is 0 Å². The van der Waals surface area contributed by atoms with Gasteiger partial charge >= 0.3 is 0 Å². The Labute approximate surface area is 112 Å². The molecule has 2 aromatic rings. The van der Waals surface area contributed by atoms with Gasteiger partial charge in [-0.05, 0) is 0 Å². The first kappa shape index (κ1) is 12.5. The maximum atomic E-state index is 9.74. The predicted octanol–water partition coefficient (Wildman–Crippen LogP) is -0.297. The molecular formula is C10H12ClN5O3. The van der Waals surface area contributed by atoms with Crippen molar-refractivity contribution in [3.63, 3.8) is 0 Å². The lowest BCUT2D eigenvalue weighted by Gasteiger charge is -2.13. The van der Waals surface area contributed by atoms with Crippen molar-refractivity contribution in [3.05, 3.63) is 11.5 Å². The van der Waals surface area contributed by atoms with Crippen LogP contribution < -0.4 is 5.73 Å². The molecule has 1 aliphatic heterocycles. The molecule has 4 N–H and O–H groups in total.